The van der Waals surface area contributed by atoms with Crippen molar-refractivity contribution < 1.29 is 0 Å². The van der Waals surface area contributed by atoms with Gasteiger partial charge in [-0.1, -0.05) is 30.3 Å². The van der Waals surface area contributed by atoms with Crippen LogP contribution in [-0.2, 0) is 5.88 Å². The van der Waals surface area contributed by atoms with Gasteiger partial charge >= 0.3 is 0 Å². The summed E-state index contributed by atoms with van der Waals surface area (Å²) >= 11 is 7.25. The van der Waals surface area contributed by atoms with Gasteiger partial charge in [0.25, 0.3) is 0 Å². The van der Waals surface area contributed by atoms with Gasteiger partial charge in [0.1, 0.15) is 11.1 Å². The van der Waals surface area contributed by atoms with Crippen molar-refractivity contribution in [2.75, 3.05) is 5.73 Å². The van der Waals surface area contributed by atoms with Crippen molar-refractivity contribution in [1.29, 1.82) is 5.26 Å². The lowest BCUT2D eigenvalue weighted by Crippen LogP contribution is -1.86. The molecule has 0 atom stereocenters. The first-order valence-corrected chi connectivity index (χ1v) is 6.05. The molecule has 0 radical (unpaired) electrons. The number of rotatable bonds is 2. The summed E-state index contributed by atoms with van der Waals surface area (Å²) in [5.74, 6) is 0.376. The van der Waals surface area contributed by atoms with Crippen LogP contribution in [0.3, 0.4) is 0 Å². The molecule has 0 unspecified atom stereocenters. The summed E-state index contributed by atoms with van der Waals surface area (Å²) in [4.78, 5) is 0.946. The molecular weight excluding hydrogens is 240 g/mol. The number of alkyl halides is 1. The summed E-state index contributed by atoms with van der Waals surface area (Å²) in [7, 11) is 0. The zero-order valence-corrected chi connectivity index (χ0v) is 9.98. The molecule has 80 valence electrons. The van der Waals surface area contributed by atoms with Gasteiger partial charge in [0.2, 0.25) is 0 Å². The highest BCUT2D eigenvalue weighted by atomic mass is 35.5. The molecule has 0 amide bonds. The van der Waals surface area contributed by atoms with Gasteiger partial charge in [0.15, 0.2) is 0 Å². The number of anilines is 1. The molecule has 0 aliphatic heterocycles. The average molecular weight is 249 g/mol. The fourth-order valence-corrected chi connectivity index (χ4v) is 2.80. The number of hydrogen-bond acceptors (Lipinski definition) is 3. The lowest BCUT2D eigenvalue weighted by molar-refractivity contribution is 1.47. The Morgan fingerprint density at radius 2 is 2.00 bits per heavy atom. The predicted molar refractivity (Wildman–Crippen MR) is 68.4 cm³/mol. The molecule has 4 heteroatoms. The van der Waals surface area contributed by atoms with E-state index in [9.17, 15) is 0 Å². The van der Waals surface area contributed by atoms with E-state index in [1.54, 1.807) is 0 Å². The van der Waals surface area contributed by atoms with Crippen LogP contribution in [0.15, 0.2) is 30.3 Å². The average Bonchev–Trinajstić information content (AvgIpc) is 2.66. The van der Waals surface area contributed by atoms with Crippen LogP contribution in [0.2, 0.25) is 0 Å². The molecule has 0 aliphatic carbocycles. The highest BCUT2D eigenvalue weighted by Crippen LogP contribution is 2.38. The molecule has 0 saturated heterocycles. The number of hydrogen-bond donors (Lipinski definition) is 1. The van der Waals surface area contributed by atoms with Crippen molar-refractivity contribution >= 4 is 27.9 Å². The van der Waals surface area contributed by atoms with Crippen molar-refractivity contribution in [2.24, 2.45) is 0 Å². The third kappa shape index (κ3) is 1.78. The van der Waals surface area contributed by atoms with Gasteiger partial charge in [0.05, 0.1) is 11.4 Å². The maximum Gasteiger partial charge on any atom is 0.105 e. The summed E-state index contributed by atoms with van der Waals surface area (Å²) in [6.45, 7) is 0. The van der Waals surface area contributed by atoms with Crippen LogP contribution in [0.4, 0.5) is 5.00 Å². The minimum Gasteiger partial charge on any atom is -0.389 e. The van der Waals surface area contributed by atoms with E-state index in [1.807, 2.05) is 30.3 Å². The van der Waals surface area contributed by atoms with Gasteiger partial charge in [0, 0.05) is 10.4 Å². The van der Waals surface area contributed by atoms with Gasteiger partial charge in [-0.15, -0.1) is 22.9 Å². The van der Waals surface area contributed by atoms with Crippen molar-refractivity contribution in [3.8, 4) is 17.2 Å². The van der Waals surface area contributed by atoms with E-state index in [1.165, 1.54) is 11.3 Å². The van der Waals surface area contributed by atoms with Crippen molar-refractivity contribution in [1.82, 2.24) is 0 Å². The first-order valence-electron chi connectivity index (χ1n) is 4.70. The number of nitrogens with two attached hydrogens (primary N) is 1. The topological polar surface area (TPSA) is 49.8 Å². The van der Waals surface area contributed by atoms with E-state index >= 15 is 0 Å². The molecule has 0 spiro atoms. The van der Waals surface area contributed by atoms with Crippen LogP contribution < -0.4 is 5.73 Å². The predicted octanol–water partition coefficient (Wildman–Crippen LogP) is 3.61. The van der Waals surface area contributed by atoms with Gasteiger partial charge in [-0.05, 0) is 5.56 Å². The minimum atomic E-state index is 0.376. The second-order valence-corrected chi connectivity index (χ2v) is 4.65. The highest BCUT2D eigenvalue weighted by molar-refractivity contribution is 7.16. The lowest BCUT2D eigenvalue weighted by Gasteiger charge is -2.01. The highest BCUT2D eigenvalue weighted by Gasteiger charge is 2.16. The van der Waals surface area contributed by atoms with E-state index in [-0.39, 0.29) is 0 Å². The van der Waals surface area contributed by atoms with E-state index in [4.69, 9.17) is 22.6 Å². The van der Waals surface area contributed by atoms with E-state index in [2.05, 4.69) is 6.07 Å². The number of benzene rings is 1. The van der Waals surface area contributed by atoms with Crippen LogP contribution >= 0.6 is 22.9 Å². The summed E-state index contributed by atoms with van der Waals surface area (Å²) in [6.07, 6.45) is 0. The third-order valence-electron chi connectivity index (χ3n) is 2.30. The van der Waals surface area contributed by atoms with Crippen LogP contribution in [-0.4, -0.2) is 0 Å². The lowest BCUT2D eigenvalue weighted by atomic mass is 10.0. The van der Waals surface area contributed by atoms with Crippen LogP contribution in [0.5, 0.6) is 0 Å². The normalized spacial score (nSPS) is 10.0. The SMILES string of the molecule is N#Cc1c(N)sc(CCl)c1-c1ccccc1. The molecule has 0 bridgehead atoms. The van der Waals surface area contributed by atoms with Gasteiger partial charge in [-0.25, -0.2) is 0 Å². The fraction of sp³-hybridized carbons (Fsp3) is 0.0833. The molecule has 2 nitrogen and oxygen atoms in total. The Morgan fingerprint density at radius 1 is 1.31 bits per heavy atom. The van der Waals surface area contributed by atoms with Crippen molar-refractivity contribution in [2.45, 2.75) is 5.88 Å². The molecule has 1 heterocycles. The van der Waals surface area contributed by atoms with Crippen molar-refractivity contribution in [3.05, 3.63) is 40.8 Å². The zero-order chi connectivity index (χ0) is 11.5. The van der Waals surface area contributed by atoms with E-state index in [0.29, 0.717) is 16.4 Å². The second kappa shape index (κ2) is 4.56. The molecule has 0 saturated carbocycles. The van der Waals surface area contributed by atoms with Gasteiger partial charge in [-0.3, -0.25) is 0 Å². The first-order chi connectivity index (χ1) is 7.77. The summed E-state index contributed by atoms with van der Waals surface area (Å²) < 4.78 is 0. The Hall–Kier alpha value is -1.50. The quantitative estimate of drug-likeness (QED) is 0.826. The Morgan fingerprint density at radius 3 is 2.56 bits per heavy atom. The number of halogens is 1. The molecule has 2 N–H and O–H groups in total. The molecular formula is C12H9ClN2S. The fourth-order valence-electron chi connectivity index (χ4n) is 1.61. The Balaban J connectivity index is 2.68. The summed E-state index contributed by atoms with van der Waals surface area (Å²) in [5, 5.41) is 9.64. The zero-order valence-electron chi connectivity index (χ0n) is 8.40. The second-order valence-electron chi connectivity index (χ2n) is 3.25. The third-order valence-corrected chi connectivity index (χ3v) is 3.75. The van der Waals surface area contributed by atoms with E-state index in [0.717, 1.165) is 16.0 Å². The van der Waals surface area contributed by atoms with Gasteiger partial charge < -0.3 is 5.73 Å². The number of nitrogen functional groups attached to an aromatic ring is 1. The number of nitriles is 1. The van der Waals surface area contributed by atoms with Crippen LogP contribution in [0.1, 0.15) is 10.4 Å². The maximum atomic E-state index is 9.10. The number of thiophene rings is 1. The monoisotopic (exact) mass is 248 g/mol. The number of nitrogens with zero attached hydrogens (tertiary/aromatic N) is 1. The summed E-state index contributed by atoms with van der Waals surface area (Å²) in [6, 6.07) is 11.9. The maximum absolute atomic E-state index is 9.10. The van der Waals surface area contributed by atoms with Crippen LogP contribution in [0, 0.1) is 11.3 Å². The smallest absolute Gasteiger partial charge is 0.105 e. The molecule has 1 aromatic carbocycles. The molecule has 0 aliphatic rings. The Labute approximate surface area is 103 Å². The molecule has 0 fully saturated rings. The standard InChI is InChI=1S/C12H9ClN2S/c13-6-10-11(8-4-2-1-3-5-8)9(7-14)12(15)16-10/h1-5H,6,15H2. The molecule has 1 aromatic heterocycles. The Kier molecular flexibility index (Phi) is 3.14. The van der Waals surface area contributed by atoms with Crippen LogP contribution in [0.25, 0.3) is 11.1 Å². The Bertz CT molecular complexity index is 540. The first kappa shape index (κ1) is 11.0. The van der Waals surface area contributed by atoms with E-state index < -0.39 is 0 Å². The molecule has 16 heavy (non-hydrogen) atoms. The molecule has 2 rings (SSSR count). The van der Waals surface area contributed by atoms with Crippen molar-refractivity contribution in [3.63, 3.8) is 0 Å². The molecule has 2 aromatic rings. The largest absolute Gasteiger partial charge is 0.389 e. The summed E-state index contributed by atoms with van der Waals surface area (Å²) in [5.41, 5.74) is 8.20. The minimum absolute atomic E-state index is 0.376. The van der Waals surface area contributed by atoms with Gasteiger partial charge in [-0.2, -0.15) is 5.26 Å².